The van der Waals surface area contributed by atoms with Gasteiger partial charge in [0.1, 0.15) is 0 Å². The Labute approximate surface area is 193 Å². The molecule has 1 unspecified atom stereocenters. The number of hydrogen-bond donors (Lipinski definition) is 1. The van der Waals surface area contributed by atoms with Crippen molar-refractivity contribution < 1.29 is 13.2 Å². The van der Waals surface area contributed by atoms with Gasteiger partial charge >= 0.3 is 0 Å². The lowest BCUT2D eigenvalue weighted by Gasteiger charge is -2.31. The zero-order valence-electron chi connectivity index (χ0n) is 17.4. The molecule has 2 aliphatic rings. The minimum Gasteiger partial charge on any atom is -0.349 e. The number of nitrogens with zero attached hydrogens (tertiary/aromatic N) is 1. The topological polar surface area (TPSA) is 66.5 Å². The molecule has 166 valence electrons. The fourth-order valence-corrected chi connectivity index (χ4v) is 6.24. The lowest BCUT2D eigenvalue weighted by atomic mass is 9.96. The van der Waals surface area contributed by atoms with Crippen molar-refractivity contribution in [1.82, 2.24) is 9.62 Å². The first-order valence-corrected chi connectivity index (χ1v) is 12.8. The number of hydrogen-bond acceptors (Lipinski definition) is 3. The van der Waals surface area contributed by atoms with Crippen LogP contribution in [-0.2, 0) is 27.7 Å². The fraction of sp³-hybridized carbons (Fsp3) is 0.435. The van der Waals surface area contributed by atoms with Gasteiger partial charge in [-0.2, -0.15) is 4.31 Å². The standard InChI is InChI=1S/C23H26Cl2N2O3S/c1-15(18-6-8-21(24)22(25)14-18)26-23(28)17-9-11-27(12-10-17)31(29,30)20-7-5-16-3-2-4-19(16)13-20/h5-8,13-15,17H,2-4,9-12H2,1H3,(H,26,28). The molecule has 1 aliphatic heterocycles. The number of rotatable bonds is 5. The van der Waals surface area contributed by atoms with Crippen LogP contribution in [0.5, 0.6) is 0 Å². The highest BCUT2D eigenvalue weighted by molar-refractivity contribution is 7.89. The van der Waals surface area contributed by atoms with E-state index in [0.29, 0.717) is 40.9 Å². The van der Waals surface area contributed by atoms with Crippen molar-refractivity contribution in [3.05, 3.63) is 63.1 Å². The fourth-order valence-electron chi connectivity index (χ4n) is 4.41. The number of sulfonamides is 1. The second-order valence-electron chi connectivity index (χ2n) is 8.37. The molecular formula is C23H26Cl2N2O3S. The summed E-state index contributed by atoms with van der Waals surface area (Å²) in [6, 6.07) is 10.6. The van der Waals surface area contributed by atoms with E-state index >= 15 is 0 Å². The first-order valence-electron chi connectivity index (χ1n) is 10.6. The Kier molecular flexibility index (Phi) is 6.63. The molecule has 1 N–H and O–H groups in total. The smallest absolute Gasteiger partial charge is 0.243 e. The molecule has 31 heavy (non-hydrogen) atoms. The van der Waals surface area contributed by atoms with Crippen molar-refractivity contribution in [2.75, 3.05) is 13.1 Å². The summed E-state index contributed by atoms with van der Waals surface area (Å²) in [7, 11) is -3.53. The SMILES string of the molecule is CC(NC(=O)C1CCN(S(=O)(=O)c2ccc3c(c2)CCC3)CC1)c1ccc(Cl)c(Cl)c1. The van der Waals surface area contributed by atoms with Crippen molar-refractivity contribution in [1.29, 1.82) is 0 Å². The van der Waals surface area contributed by atoms with E-state index in [1.807, 2.05) is 25.1 Å². The lowest BCUT2D eigenvalue weighted by molar-refractivity contribution is -0.126. The van der Waals surface area contributed by atoms with Crippen LogP contribution in [0.1, 0.15) is 48.9 Å². The van der Waals surface area contributed by atoms with Gasteiger partial charge in [-0.05, 0) is 80.0 Å². The second-order valence-corrected chi connectivity index (χ2v) is 11.1. The Hall–Kier alpha value is -1.60. The molecule has 2 aromatic carbocycles. The van der Waals surface area contributed by atoms with Gasteiger partial charge in [0.25, 0.3) is 0 Å². The maximum absolute atomic E-state index is 13.1. The largest absolute Gasteiger partial charge is 0.349 e. The quantitative estimate of drug-likeness (QED) is 0.670. The molecule has 8 heteroatoms. The van der Waals surface area contributed by atoms with E-state index < -0.39 is 10.0 Å². The normalized spacial score (nSPS) is 18.5. The van der Waals surface area contributed by atoms with Gasteiger partial charge < -0.3 is 5.32 Å². The first-order chi connectivity index (χ1) is 14.8. The maximum atomic E-state index is 13.1. The Bertz CT molecular complexity index is 1100. The summed E-state index contributed by atoms with van der Waals surface area (Å²) in [5.41, 5.74) is 3.27. The summed E-state index contributed by atoms with van der Waals surface area (Å²) < 4.78 is 27.7. The lowest BCUT2D eigenvalue weighted by Crippen LogP contribution is -2.43. The minimum atomic E-state index is -3.53. The van der Waals surface area contributed by atoms with Gasteiger partial charge in [0, 0.05) is 19.0 Å². The number of carbonyl (C=O) groups excluding carboxylic acids is 1. The van der Waals surface area contributed by atoms with Crippen LogP contribution in [0.2, 0.25) is 10.0 Å². The number of fused-ring (bicyclic) bond motifs is 1. The monoisotopic (exact) mass is 480 g/mol. The molecule has 1 fully saturated rings. The highest BCUT2D eigenvalue weighted by atomic mass is 35.5. The molecule has 0 radical (unpaired) electrons. The van der Waals surface area contributed by atoms with E-state index in [1.54, 1.807) is 18.2 Å². The molecular weight excluding hydrogens is 455 g/mol. The molecule has 4 rings (SSSR count). The molecule has 5 nitrogen and oxygen atoms in total. The van der Waals surface area contributed by atoms with Gasteiger partial charge in [-0.25, -0.2) is 8.42 Å². The van der Waals surface area contributed by atoms with Crippen molar-refractivity contribution in [2.24, 2.45) is 5.92 Å². The maximum Gasteiger partial charge on any atom is 0.243 e. The summed E-state index contributed by atoms with van der Waals surface area (Å²) in [5, 5.41) is 3.94. The van der Waals surface area contributed by atoms with Gasteiger partial charge in [-0.15, -0.1) is 0 Å². The van der Waals surface area contributed by atoms with Crippen LogP contribution in [0.3, 0.4) is 0 Å². The van der Waals surface area contributed by atoms with E-state index in [1.165, 1.54) is 9.87 Å². The van der Waals surface area contributed by atoms with E-state index in [-0.39, 0.29) is 17.9 Å². The van der Waals surface area contributed by atoms with Crippen LogP contribution in [0.25, 0.3) is 0 Å². The molecule has 1 heterocycles. The van der Waals surface area contributed by atoms with Crippen molar-refractivity contribution in [2.45, 2.75) is 50.0 Å². The van der Waals surface area contributed by atoms with Gasteiger partial charge in [0.15, 0.2) is 0 Å². The minimum absolute atomic E-state index is 0.0619. The Morgan fingerprint density at radius 3 is 2.45 bits per heavy atom. The Morgan fingerprint density at radius 1 is 1.03 bits per heavy atom. The summed E-state index contributed by atoms with van der Waals surface area (Å²) >= 11 is 12.0. The molecule has 1 atom stereocenters. The third-order valence-electron chi connectivity index (χ3n) is 6.33. The van der Waals surface area contributed by atoms with Crippen LogP contribution in [-0.4, -0.2) is 31.7 Å². The molecule has 0 bridgehead atoms. The van der Waals surface area contributed by atoms with Crippen molar-refractivity contribution >= 4 is 39.1 Å². The number of halogens is 2. The number of piperidine rings is 1. The van der Waals surface area contributed by atoms with Crippen LogP contribution in [0.15, 0.2) is 41.3 Å². The predicted molar refractivity (Wildman–Crippen MR) is 123 cm³/mol. The van der Waals surface area contributed by atoms with Gasteiger partial charge in [-0.1, -0.05) is 35.3 Å². The molecule has 0 saturated carbocycles. The number of aryl methyl sites for hydroxylation is 2. The molecule has 1 aliphatic carbocycles. The third-order valence-corrected chi connectivity index (χ3v) is 8.97. The van der Waals surface area contributed by atoms with Crippen LogP contribution in [0.4, 0.5) is 0 Å². The highest BCUT2D eigenvalue weighted by Gasteiger charge is 2.33. The zero-order chi connectivity index (χ0) is 22.2. The van der Waals surface area contributed by atoms with Gasteiger partial charge in [0.2, 0.25) is 15.9 Å². The Balaban J connectivity index is 1.36. The van der Waals surface area contributed by atoms with E-state index in [2.05, 4.69) is 5.32 Å². The van der Waals surface area contributed by atoms with Crippen LogP contribution in [0, 0.1) is 5.92 Å². The zero-order valence-corrected chi connectivity index (χ0v) is 19.7. The van der Waals surface area contributed by atoms with Crippen molar-refractivity contribution in [3.63, 3.8) is 0 Å². The summed E-state index contributed by atoms with van der Waals surface area (Å²) in [5.74, 6) is -0.273. The van der Waals surface area contributed by atoms with Gasteiger partial charge in [-0.3, -0.25) is 4.79 Å². The first kappa shape index (κ1) is 22.6. The van der Waals surface area contributed by atoms with Crippen LogP contribution >= 0.6 is 23.2 Å². The number of amides is 1. The second kappa shape index (κ2) is 9.10. The number of nitrogens with one attached hydrogen (secondary N) is 1. The summed E-state index contributed by atoms with van der Waals surface area (Å²) in [6.07, 6.45) is 4.06. The molecule has 0 aromatic heterocycles. The highest BCUT2D eigenvalue weighted by Crippen LogP contribution is 2.29. The average Bonchev–Trinajstić information content (AvgIpc) is 3.23. The molecule has 2 aromatic rings. The Morgan fingerprint density at radius 2 is 1.74 bits per heavy atom. The van der Waals surface area contributed by atoms with Gasteiger partial charge in [0.05, 0.1) is 21.0 Å². The van der Waals surface area contributed by atoms with Crippen LogP contribution < -0.4 is 5.32 Å². The summed E-state index contributed by atoms with van der Waals surface area (Å²) in [4.78, 5) is 13.1. The predicted octanol–water partition coefficient (Wildman–Crippen LogP) is 4.76. The van der Waals surface area contributed by atoms with E-state index in [0.717, 1.165) is 30.4 Å². The van der Waals surface area contributed by atoms with E-state index in [4.69, 9.17) is 23.2 Å². The van der Waals surface area contributed by atoms with Crippen molar-refractivity contribution in [3.8, 4) is 0 Å². The van der Waals surface area contributed by atoms with E-state index in [9.17, 15) is 13.2 Å². The molecule has 1 amide bonds. The number of benzene rings is 2. The molecule has 1 saturated heterocycles. The third kappa shape index (κ3) is 4.77. The average molecular weight is 481 g/mol. The summed E-state index contributed by atoms with van der Waals surface area (Å²) in [6.45, 7) is 2.59. The number of carbonyl (C=O) groups is 1. The molecule has 0 spiro atoms.